The standard InChI is InChI=1S/C14H17N3/c1-11-3-2-4-12-13(5-6-16-14(11)12)17-9-7-15-8-10-17/h2-6,15H,7-10H2,1H3. The lowest BCUT2D eigenvalue weighted by atomic mass is 10.1. The van der Waals surface area contributed by atoms with Crippen molar-refractivity contribution in [2.75, 3.05) is 31.1 Å². The van der Waals surface area contributed by atoms with Crippen LogP contribution in [0.25, 0.3) is 10.9 Å². The molecule has 3 heteroatoms. The number of rotatable bonds is 1. The summed E-state index contributed by atoms with van der Waals surface area (Å²) in [5, 5.41) is 4.66. The number of piperazine rings is 1. The van der Waals surface area contributed by atoms with E-state index in [4.69, 9.17) is 0 Å². The molecule has 0 atom stereocenters. The van der Waals surface area contributed by atoms with Gasteiger partial charge in [0.1, 0.15) is 0 Å². The highest BCUT2D eigenvalue weighted by Gasteiger charge is 2.13. The van der Waals surface area contributed by atoms with Crippen LogP contribution in [0.3, 0.4) is 0 Å². The van der Waals surface area contributed by atoms with Crippen molar-refractivity contribution in [3.05, 3.63) is 36.0 Å². The van der Waals surface area contributed by atoms with Gasteiger partial charge in [0.2, 0.25) is 0 Å². The highest BCUT2D eigenvalue weighted by Crippen LogP contribution is 2.27. The maximum absolute atomic E-state index is 4.49. The first kappa shape index (κ1) is 10.5. The molecule has 2 aromatic rings. The van der Waals surface area contributed by atoms with E-state index in [9.17, 15) is 0 Å². The van der Waals surface area contributed by atoms with Crippen molar-refractivity contribution >= 4 is 16.6 Å². The smallest absolute Gasteiger partial charge is 0.0751 e. The van der Waals surface area contributed by atoms with Gasteiger partial charge < -0.3 is 10.2 Å². The average Bonchev–Trinajstić information content (AvgIpc) is 2.40. The second-order valence-electron chi connectivity index (χ2n) is 4.54. The molecule has 2 heterocycles. The van der Waals surface area contributed by atoms with Crippen LogP contribution in [-0.2, 0) is 0 Å². The SMILES string of the molecule is Cc1cccc2c(N3CCNCC3)ccnc12. The third kappa shape index (κ3) is 1.87. The third-order valence-electron chi connectivity index (χ3n) is 3.41. The Kier molecular flexibility index (Phi) is 2.69. The van der Waals surface area contributed by atoms with E-state index < -0.39 is 0 Å². The topological polar surface area (TPSA) is 28.2 Å². The molecular formula is C14H17N3. The molecule has 1 aromatic carbocycles. The molecule has 3 nitrogen and oxygen atoms in total. The fraction of sp³-hybridized carbons (Fsp3) is 0.357. The normalized spacial score (nSPS) is 16.4. The molecule has 3 rings (SSSR count). The van der Waals surface area contributed by atoms with E-state index in [-0.39, 0.29) is 0 Å². The summed E-state index contributed by atoms with van der Waals surface area (Å²) in [6, 6.07) is 8.54. The van der Waals surface area contributed by atoms with Crippen LogP contribution in [0, 0.1) is 6.92 Å². The van der Waals surface area contributed by atoms with E-state index in [1.54, 1.807) is 0 Å². The number of aromatic nitrogens is 1. The lowest BCUT2D eigenvalue weighted by Gasteiger charge is -2.30. The monoisotopic (exact) mass is 227 g/mol. The molecule has 1 N–H and O–H groups in total. The third-order valence-corrected chi connectivity index (χ3v) is 3.41. The van der Waals surface area contributed by atoms with Gasteiger partial charge in [-0.25, -0.2) is 0 Å². The second kappa shape index (κ2) is 4.34. The number of nitrogens with one attached hydrogen (secondary N) is 1. The Balaban J connectivity index is 2.12. The number of pyridine rings is 1. The van der Waals surface area contributed by atoms with Gasteiger partial charge in [-0.05, 0) is 18.6 Å². The molecule has 0 saturated carbocycles. The number of hydrogen-bond acceptors (Lipinski definition) is 3. The Morgan fingerprint density at radius 1 is 1.18 bits per heavy atom. The zero-order valence-corrected chi connectivity index (χ0v) is 10.1. The van der Waals surface area contributed by atoms with Crippen molar-refractivity contribution < 1.29 is 0 Å². The minimum atomic E-state index is 1.07. The highest BCUT2D eigenvalue weighted by atomic mass is 15.2. The summed E-state index contributed by atoms with van der Waals surface area (Å²) in [5.74, 6) is 0. The first-order valence-corrected chi connectivity index (χ1v) is 6.16. The fourth-order valence-corrected chi connectivity index (χ4v) is 2.49. The van der Waals surface area contributed by atoms with Crippen molar-refractivity contribution in [3.8, 4) is 0 Å². The van der Waals surface area contributed by atoms with Gasteiger partial charge >= 0.3 is 0 Å². The van der Waals surface area contributed by atoms with Gasteiger partial charge in [0.05, 0.1) is 5.52 Å². The summed E-state index contributed by atoms with van der Waals surface area (Å²) in [7, 11) is 0. The number of aryl methyl sites for hydroxylation is 1. The van der Waals surface area contributed by atoms with Gasteiger partial charge in [0.15, 0.2) is 0 Å². The van der Waals surface area contributed by atoms with Gasteiger partial charge in [-0.15, -0.1) is 0 Å². The Bertz CT molecular complexity index is 530. The van der Waals surface area contributed by atoms with Crippen LogP contribution < -0.4 is 10.2 Å². The zero-order chi connectivity index (χ0) is 11.7. The van der Waals surface area contributed by atoms with E-state index in [0.29, 0.717) is 0 Å². The van der Waals surface area contributed by atoms with Gasteiger partial charge in [-0.2, -0.15) is 0 Å². The summed E-state index contributed by atoms with van der Waals surface area (Å²) in [6.07, 6.45) is 1.92. The number of benzene rings is 1. The Hall–Kier alpha value is -1.61. The first-order chi connectivity index (χ1) is 8.36. The molecule has 1 aromatic heterocycles. The van der Waals surface area contributed by atoms with Crippen molar-refractivity contribution in [1.29, 1.82) is 0 Å². The number of fused-ring (bicyclic) bond motifs is 1. The first-order valence-electron chi connectivity index (χ1n) is 6.16. The van der Waals surface area contributed by atoms with Crippen molar-refractivity contribution in [2.45, 2.75) is 6.92 Å². The molecule has 1 aliphatic rings. The van der Waals surface area contributed by atoms with E-state index in [0.717, 1.165) is 31.7 Å². The molecule has 0 aliphatic carbocycles. The molecule has 0 amide bonds. The van der Waals surface area contributed by atoms with Crippen LogP contribution in [0.1, 0.15) is 5.56 Å². The molecule has 1 fully saturated rings. The predicted octanol–water partition coefficient (Wildman–Crippen LogP) is 1.95. The molecular weight excluding hydrogens is 210 g/mol. The molecule has 0 spiro atoms. The van der Waals surface area contributed by atoms with Gasteiger partial charge in [0, 0.05) is 43.4 Å². The van der Waals surface area contributed by atoms with Crippen molar-refractivity contribution in [1.82, 2.24) is 10.3 Å². The van der Waals surface area contributed by atoms with E-state index in [1.807, 2.05) is 6.20 Å². The maximum Gasteiger partial charge on any atom is 0.0751 e. The van der Waals surface area contributed by atoms with Crippen LogP contribution in [-0.4, -0.2) is 31.2 Å². The molecule has 0 bridgehead atoms. The quantitative estimate of drug-likeness (QED) is 0.807. The molecule has 1 aliphatic heterocycles. The van der Waals surface area contributed by atoms with Gasteiger partial charge in [-0.3, -0.25) is 4.98 Å². The maximum atomic E-state index is 4.49. The van der Waals surface area contributed by atoms with Gasteiger partial charge in [-0.1, -0.05) is 18.2 Å². The van der Waals surface area contributed by atoms with Crippen LogP contribution in [0.5, 0.6) is 0 Å². The Morgan fingerprint density at radius 3 is 2.82 bits per heavy atom. The summed E-state index contributed by atoms with van der Waals surface area (Å²) in [5.41, 5.74) is 3.70. The lowest BCUT2D eigenvalue weighted by molar-refractivity contribution is 0.590. The number of nitrogens with zero attached hydrogens (tertiary/aromatic N) is 2. The summed E-state index contributed by atoms with van der Waals surface area (Å²) in [4.78, 5) is 6.94. The second-order valence-corrected chi connectivity index (χ2v) is 4.54. The minimum Gasteiger partial charge on any atom is -0.368 e. The largest absolute Gasteiger partial charge is 0.368 e. The fourth-order valence-electron chi connectivity index (χ4n) is 2.49. The number of anilines is 1. The lowest BCUT2D eigenvalue weighted by Crippen LogP contribution is -2.43. The molecule has 88 valence electrons. The van der Waals surface area contributed by atoms with Crippen LogP contribution >= 0.6 is 0 Å². The zero-order valence-electron chi connectivity index (χ0n) is 10.1. The Morgan fingerprint density at radius 2 is 2.00 bits per heavy atom. The molecule has 17 heavy (non-hydrogen) atoms. The van der Waals surface area contributed by atoms with Crippen LogP contribution in [0.2, 0.25) is 0 Å². The summed E-state index contributed by atoms with van der Waals surface area (Å²) < 4.78 is 0. The van der Waals surface area contributed by atoms with E-state index in [2.05, 4.69) is 46.4 Å². The van der Waals surface area contributed by atoms with Crippen LogP contribution in [0.15, 0.2) is 30.5 Å². The van der Waals surface area contributed by atoms with E-state index in [1.165, 1.54) is 16.6 Å². The number of para-hydroxylation sites is 1. The highest BCUT2D eigenvalue weighted by molar-refractivity contribution is 5.93. The Labute approximate surface area is 101 Å². The van der Waals surface area contributed by atoms with Crippen molar-refractivity contribution in [2.24, 2.45) is 0 Å². The van der Waals surface area contributed by atoms with Crippen molar-refractivity contribution in [3.63, 3.8) is 0 Å². The van der Waals surface area contributed by atoms with Gasteiger partial charge in [0.25, 0.3) is 0 Å². The summed E-state index contributed by atoms with van der Waals surface area (Å²) >= 11 is 0. The number of hydrogen-bond donors (Lipinski definition) is 1. The van der Waals surface area contributed by atoms with Crippen LogP contribution in [0.4, 0.5) is 5.69 Å². The van der Waals surface area contributed by atoms with E-state index >= 15 is 0 Å². The molecule has 0 radical (unpaired) electrons. The molecule has 1 saturated heterocycles. The average molecular weight is 227 g/mol. The minimum absolute atomic E-state index is 1.07. The molecule has 0 unspecified atom stereocenters. The summed E-state index contributed by atoms with van der Waals surface area (Å²) in [6.45, 7) is 6.41. The predicted molar refractivity (Wildman–Crippen MR) is 71.6 cm³/mol.